The lowest BCUT2D eigenvalue weighted by Crippen LogP contribution is -2.22. The van der Waals surface area contributed by atoms with Crippen molar-refractivity contribution in [3.8, 4) is 5.75 Å². The molecular formula is C14H19NO3. The fourth-order valence-corrected chi connectivity index (χ4v) is 1.39. The van der Waals surface area contributed by atoms with E-state index in [9.17, 15) is 4.79 Å². The zero-order valence-electron chi connectivity index (χ0n) is 10.6. The van der Waals surface area contributed by atoms with Crippen molar-refractivity contribution in [3.05, 3.63) is 42.3 Å². The van der Waals surface area contributed by atoms with Crippen LogP contribution < -0.4 is 10.1 Å². The topological polar surface area (TPSA) is 58.6 Å². The second-order valence-corrected chi connectivity index (χ2v) is 3.90. The van der Waals surface area contributed by atoms with Crippen molar-refractivity contribution >= 4 is 5.97 Å². The van der Waals surface area contributed by atoms with E-state index in [1.54, 1.807) is 12.1 Å². The van der Waals surface area contributed by atoms with Crippen molar-refractivity contribution < 1.29 is 14.6 Å². The average molecular weight is 249 g/mol. The highest BCUT2D eigenvalue weighted by molar-refractivity contribution is 5.85. The minimum absolute atomic E-state index is 0.0787. The van der Waals surface area contributed by atoms with Gasteiger partial charge in [-0.25, -0.2) is 4.79 Å². The van der Waals surface area contributed by atoms with E-state index in [1.165, 1.54) is 6.26 Å². The maximum Gasteiger partial charge on any atom is 0.355 e. The quantitative estimate of drug-likeness (QED) is 0.422. The SMILES string of the molecule is CCCCCNC(=COc1ccccc1)C(=O)O. The molecule has 0 atom stereocenters. The molecule has 0 heterocycles. The average Bonchev–Trinajstić information content (AvgIpc) is 2.38. The van der Waals surface area contributed by atoms with Gasteiger partial charge < -0.3 is 15.2 Å². The minimum Gasteiger partial charge on any atom is -0.476 e. The van der Waals surface area contributed by atoms with Gasteiger partial charge in [-0.15, -0.1) is 0 Å². The Balaban J connectivity index is 2.48. The number of aliphatic carboxylic acids is 1. The molecule has 1 aromatic rings. The van der Waals surface area contributed by atoms with Crippen LogP contribution in [0, 0.1) is 0 Å². The van der Waals surface area contributed by atoms with E-state index in [4.69, 9.17) is 9.84 Å². The molecule has 0 radical (unpaired) electrons. The van der Waals surface area contributed by atoms with Crippen molar-refractivity contribution in [1.82, 2.24) is 5.32 Å². The van der Waals surface area contributed by atoms with Crippen LogP contribution >= 0.6 is 0 Å². The van der Waals surface area contributed by atoms with Gasteiger partial charge >= 0.3 is 5.97 Å². The molecule has 2 N–H and O–H groups in total. The van der Waals surface area contributed by atoms with Gasteiger partial charge in [0.2, 0.25) is 0 Å². The Morgan fingerprint density at radius 2 is 2.06 bits per heavy atom. The molecule has 0 aliphatic rings. The van der Waals surface area contributed by atoms with Gasteiger partial charge in [-0.3, -0.25) is 0 Å². The molecule has 98 valence electrons. The number of carbonyl (C=O) groups is 1. The Bertz CT molecular complexity index is 387. The Labute approximate surface area is 107 Å². The monoisotopic (exact) mass is 249 g/mol. The third-order valence-corrected chi connectivity index (χ3v) is 2.38. The van der Waals surface area contributed by atoms with Crippen molar-refractivity contribution in [2.75, 3.05) is 6.54 Å². The van der Waals surface area contributed by atoms with Gasteiger partial charge in [-0.2, -0.15) is 0 Å². The van der Waals surface area contributed by atoms with Crippen molar-refractivity contribution in [2.24, 2.45) is 0 Å². The Hall–Kier alpha value is -1.97. The number of hydrogen-bond donors (Lipinski definition) is 2. The first kappa shape index (κ1) is 14.1. The molecule has 1 rings (SSSR count). The van der Waals surface area contributed by atoms with Crippen LogP contribution in [-0.4, -0.2) is 17.6 Å². The van der Waals surface area contributed by atoms with Crippen LogP contribution in [0.1, 0.15) is 26.2 Å². The fraction of sp³-hybridized carbons (Fsp3) is 0.357. The van der Waals surface area contributed by atoms with Crippen LogP contribution in [0.3, 0.4) is 0 Å². The van der Waals surface area contributed by atoms with Crippen LogP contribution in [-0.2, 0) is 4.79 Å². The largest absolute Gasteiger partial charge is 0.476 e. The van der Waals surface area contributed by atoms with E-state index in [0.29, 0.717) is 12.3 Å². The number of benzene rings is 1. The molecule has 0 saturated heterocycles. The first-order chi connectivity index (χ1) is 8.74. The summed E-state index contributed by atoms with van der Waals surface area (Å²) in [6.45, 7) is 2.75. The summed E-state index contributed by atoms with van der Waals surface area (Å²) < 4.78 is 5.28. The molecule has 0 aliphatic carbocycles. The van der Waals surface area contributed by atoms with Gasteiger partial charge in [-0.1, -0.05) is 38.0 Å². The standard InChI is InChI=1S/C14H19NO3/c1-2-3-7-10-15-13(14(16)17)11-18-12-8-5-4-6-9-12/h4-6,8-9,11,15H,2-3,7,10H2,1H3,(H,16,17). The van der Waals surface area contributed by atoms with Crippen molar-refractivity contribution in [1.29, 1.82) is 0 Å². The summed E-state index contributed by atoms with van der Waals surface area (Å²) >= 11 is 0. The lowest BCUT2D eigenvalue weighted by Gasteiger charge is -2.07. The van der Waals surface area contributed by atoms with E-state index in [0.717, 1.165) is 19.3 Å². The maximum atomic E-state index is 11.0. The van der Waals surface area contributed by atoms with Crippen molar-refractivity contribution in [2.45, 2.75) is 26.2 Å². The van der Waals surface area contributed by atoms with Gasteiger partial charge in [0.15, 0.2) is 5.70 Å². The van der Waals surface area contributed by atoms with Gasteiger partial charge in [0.05, 0.1) is 0 Å². The van der Waals surface area contributed by atoms with Gasteiger partial charge in [0.1, 0.15) is 12.0 Å². The predicted molar refractivity (Wildman–Crippen MR) is 70.3 cm³/mol. The Kier molecular flexibility index (Phi) is 6.40. The molecule has 0 aromatic heterocycles. The van der Waals surface area contributed by atoms with Crippen LogP contribution in [0.4, 0.5) is 0 Å². The molecule has 0 unspecified atom stereocenters. The summed E-state index contributed by atoms with van der Waals surface area (Å²) in [4.78, 5) is 11.0. The maximum absolute atomic E-state index is 11.0. The molecule has 1 aromatic carbocycles. The van der Waals surface area contributed by atoms with Crippen LogP contribution in [0.2, 0.25) is 0 Å². The van der Waals surface area contributed by atoms with Crippen LogP contribution in [0.15, 0.2) is 42.3 Å². The molecule has 18 heavy (non-hydrogen) atoms. The third kappa shape index (κ3) is 5.39. The number of ether oxygens (including phenoxy) is 1. The summed E-state index contributed by atoms with van der Waals surface area (Å²) in [5.41, 5.74) is 0.0787. The first-order valence-corrected chi connectivity index (χ1v) is 6.13. The van der Waals surface area contributed by atoms with Gasteiger partial charge in [0.25, 0.3) is 0 Å². The highest BCUT2D eigenvalue weighted by Gasteiger charge is 2.06. The molecular weight excluding hydrogens is 230 g/mol. The van der Waals surface area contributed by atoms with Crippen LogP contribution in [0.25, 0.3) is 0 Å². The summed E-state index contributed by atoms with van der Waals surface area (Å²) in [6, 6.07) is 9.08. The highest BCUT2D eigenvalue weighted by atomic mass is 16.5. The smallest absolute Gasteiger partial charge is 0.355 e. The number of unbranched alkanes of at least 4 members (excludes halogenated alkanes) is 2. The molecule has 4 heteroatoms. The second kappa shape index (κ2) is 8.17. The second-order valence-electron chi connectivity index (χ2n) is 3.90. The van der Waals surface area contributed by atoms with Crippen molar-refractivity contribution in [3.63, 3.8) is 0 Å². The van der Waals surface area contributed by atoms with Gasteiger partial charge in [-0.05, 0) is 18.6 Å². The van der Waals surface area contributed by atoms with E-state index in [2.05, 4.69) is 12.2 Å². The lowest BCUT2D eigenvalue weighted by molar-refractivity contribution is -0.133. The number of nitrogens with one attached hydrogen (secondary N) is 1. The molecule has 0 fully saturated rings. The number of hydrogen-bond acceptors (Lipinski definition) is 3. The predicted octanol–water partition coefficient (Wildman–Crippen LogP) is 2.77. The molecule has 0 saturated carbocycles. The highest BCUT2D eigenvalue weighted by Crippen LogP contribution is 2.09. The molecule has 0 spiro atoms. The first-order valence-electron chi connectivity index (χ1n) is 6.13. The summed E-state index contributed by atoms with van der Waals surface area (Å²) in [5.74, 6) is -0.394. The zero-order valence-corrected chi connectivity index (χ0v) is 10.6. The Morgan fingerprint density at radius 1 is 1.33 bits per heavy atom. The zero-order chi connectivity index (χ0) is 13.2. The number of para-hydroxylation sites is 1. The van der Waals surface area contributed by atoms with E-state index >= 15 is 0 Å². The lowest BCUT2D eigenvalue weighted by atomic mass is 10.2. The summed E-state index contributed by atoms with van der Waals surface area (Å²) in [5, 5.41) is 11.9. The third-order valence-electron chi connectivity index (χ3n) is 2.38. The van der Waals surface area contributed by atoms with E-state index in [-0.39, 0.29) is 5.70 Å². The summed E-state index contributed by atoms with van der Waals surface area (Å²) in [7, 11) is 0. The van der Waals surface area contributed by atoms with Crippen LogP contribution in [0.5, 0.6) is 5.75 Å². The number of rotatable bonds is 8. The fourth-order valence-electron chi connectivity index (χ4n) is 1.39. The molecule has 0 aliphatic heterocycles. The number of carboxylic acid groups (broad SMARTS) is 1. The molecule has 0 amide bonds. The van der Waals surface area contributed by atoms with Gasteiger partial charge in [0, 0.05) is 6.54 Å². The molecule has 0 bridgehead atoms. The number of carboxylic acids is 1. The van der Waals surface area contributed by atoms with E-state index < -0.39 is 5.97 Å². The molecule has 4 nitrogen and oxygen atoms in total. The minimum atomic E-state index is -1.01. The van der Waals surface area contributed by atoms with E-state index in [1.807, 2.05) is 18.2 Å². The summed E-state index contributed by atoms with van der Waals surface area (Å²) in [6.07, 6.45) is 4.38. The normalized spacial score (nSPS) is 11.1. The Morgan fingerprint density at radius 3 is 2.67 bits per heavy atom.